The van der Waals surface area contributed by atoms with Crippen molar-refractivity contribution in [3.8, 4) is 5.75 Å². The molecule has 0 bridgehead atoms. The quantitative estimate of drug-likeness (QED) is 0.662. The van der Waals surface area contributed by atoms with Gasteiger partial charge in [-0.25, -0.2) is 4.98 Å². The van der Waals surface area contributed by atoms with Crippen molar-refractivity contribution in [2.24, 2.45) is 0 Å². The molecule has 0 saturated carbocycles. The minimum atomic E-state index is 0.613. The smallest absolute Gasteiger partial charge is 0.160 e. The van der Waals surface area contributed by atoms with Crippen LogP contribution in [0.25, 0.3) is 11.0 Å². The van der Waals surface area contributed by atoms with Crippen molar-refractivity contribution in [2.75, 3.05) is 12.8 Å². The molecule has 12 heavy (non-hydrogen) atoms. The number of nitrogens with one attached hydrogen (secondary N) is 1. The first kappa shape index (κ1) is 6.97. The van der Waals surface area contributed by atoms with Crippen molar-refractivity contribution in [3.63, 3.8) is 0 Å². The molecule has 0 aliphatic rings. The van der Waals surface area contributed by atoms with Gasteiger partial charge < -0.3 is 15.5 Å². The second kappa shape index (κ2) is 2.41. The molecule has 0 aliphatic carbocycles. The predicted octanol–water partition coefficient (Wildman–Crippen LogP) is 1.15. The predicted molar refractivity (Wildman–Crippen MR) is 47.1 cm³/mol. The number of anilines is 1. The third kappa shape index (κ3) is 0.812. The maximum atomic E-state index is 5.79. The van der Waals surface area contributed by atoms with Crippen molar-refractivity contribution in [1.82, 2.24) is 9.97 Å². The molecular formula is C8H9N3O. The van der Waals surface area contributed by atoms with Gasteiger partial charge in [-0.2, -0.15) is 0 Å². The summed E-state index contributed by atoms with van der Waals surface area (Å²) in [5.41, 5.74) is 7.20. The molecule has 0 spiro atoms. The van der Waals surface area contributed by atoms with Crippen molar-refractivity contribution in [1.29, 1.82) is 0 Å². The Morgan fingerprint density at radius 3 is 3.17 bits per heavy atom. The van der Waals surface area contributed by atoms with E-state index < -0.39 is 0 Å². The zero-order valence-electron chi connectivity index (χ0n) is 6.66. The zero-order valence-corrected chi connectivity index (χ0v) is 6.66. The van der Waals surface area contributed by atoms with Crippen LogP contribution in [0.15, 0.2) is 18.5 Å². The molecule has 2 heterocycles. The van der Waals surface area contributed by atoms with Crippen LogP contribution < -0.4 is 10.5 Å². The lowest BCUT2D eigenvalue weighted by Gasteiger charge is -2.03. The van der Waals surface area contributed by atoms with E-state index >= 15 is 0 Å². The normalized spacial score (nSPS) is 10.4. The Labute approximate surface area is 69.4 Å². The Morgan fingerprint density at radius 2 is 2.42 bits per heavy atom. The van der Waals surface area contributed by atoms with Crippen LogP contribution in [0.3, 0.4) is 0 Å². The highest BCUT2D eigenvalue weighted by Gasteiger charge is 2.05. The van der Waals surface area contributed by atoms with E-state index in [0.29, 0.717) is 11.4 Å². The monoisotopic (exact) mass is 163 g/mol. The molecule has 0 amide bonds. The van der Waals surface area contributed by atoms with Crippen LogP contribution in [-0.4, -0.2) is 17.1 Å². The van der Waals surface area contributed by atoms with Crippen LogP contribution >= 0.6 is 0 Å². The maximum Gasteiger partial charge on any atom is 0.160 e. The summed E-state index contributed by atoms with van der Waals surface area (Å²) in [4.78, 5) is 7.08. The number of hydrogen-bond acceptors (Lipinski definition) is 3. The average molecular weight is 163 g/mol. The van der Waals surface area contributed by atoms with Gasteiger partial charge in [-0.05, 0) is 6.07 Å². The van der Waals surface area contributed by atoms with Gasteiger partial charge in [0.25, 0.3) is 0 Å². The second-order valence-electron chi connectivity index (χ2n) is 2.48. The summed E-state index contributed by atoms with van der Waals surface area (Å²) in [6.45, 7) is 0. The van der Waals surface area contributed by atoms with Gasteiger partial charge in [0.2, 0.25) is 0 Å². The Kier molecular flexibility index (Phi) is 1.40. The van der Waals surface area contributed by atoms with Gasteiger partial charge in [0.15, 0.2) is 5.75 Å². The Balaban J connectivity index is 2.78. The molecule has 2 aromatic heterocycles. The highest BCUT2D eigenvalue weighted by molar-refractivity contribution is 5.91. The number of aromatic nitrogens is 2. The first-order valence-electron chi connectivity index (χ1n) is 3.58. The fourth-order valence-corrected chi connectivity index (χ4v) is 1.17. The van der Waals surface area contributed by atoms with E-state index in [4.69, 9.17) is 10.5 Å². The van der Waals surface area contributed by atoms with Gasteiger partial charge in [0.1, 0.15) is 5.65 Å². The van der Waals surface area contributed by atoms with Crippen LogP contribution in [0.2, 0.25) is 0 Å². The van der Waals surface area contributed by atoms with Crippen molar-refractivity contribution in [2.45, 2.75) is 0 Å². The minimum absolute atomic E-state index is 0.613. The Bertz CT molecular complexity index is 408. The molecule has 2 rings (SSSR count). The maximum absolute atomic E-state index is 5.79. The summed E-state index contributed by atoms with van der Waals surface area (Å²) in [5, 5.41) is 0.898. The molecule has 0 radical (unpaired) electrons. The number of methoxy groups -OCH3 is 1. The first-order valence-corrected chi connectivity index (χ1v) is 3.58. The van der Waals surface area contributed by atoms with Crippen molar-refractivity contribution >= 4 is 16.7 Å². The largest absolute Gasteiger partial charge is 0.493 e. The fraction of sp³-hybridized carbons (Fsp3) is 0.125. The standard InChI is InChI=1S/C8H9N3O/c1-12-6-4-11-8-5(7(6)9)2-3-10-8/h2-4H,1H3,(H3,9,10,11). The SMILES string of the molecule is COc1cnc2[nH]ccc2c1N. The van der Waals surface area contributed by atoms with Gasteiger partial charge in [0, 0.05) is 11.6 Å². The summed E-state index contributed by atoms with van der Waals surface area (Å²) >= 11 is 0. The van der Waals surface area contributed by atoms with Crippen LogP contribution in [0.5, 0.6) is 5.75 Å². The Hall–Kier alpha value is -1.71. The molecule has 0 aromatic carbocycles. The van der Waals surface area contributed by atoms with E-state index in [-0.39, 0.29) is 0 Å². The summed E-state index contributed by atoms with van der Waals surface area (Å²) in [5.74, 6) is 0.613. The van der Waals surface area contributed by atoms with Gasteiger partial charge in [-0.15, -0.1) is 0 Å². The molecule has 2 aromatic rings. The molecule has 0 aliphatic heterocycles. The molecule has 4 heteroatoms. The number of ether oxygens (including phenoxy) is 1. The third-order valence-corrected chi connectivity index (χ3v) is 1.81. The third-order valence-electron chi connectivity index (χ3n) is 1.81. The number of pyridine rings is 1. The van der Waals surface area contributed by atoms with Crippen LogP contribution in [0.4, 0.5) is 5.69 Å². The van der Waals surface area contributed by atoms with Crippen LogP contribution in [0, 0.1) is 0 Å². The summed E-state index contributed by atoms with van der Waals surface area (Å²) in [6.07, 6.45) is 3.40. The molecule has 0 atom stereocenters. The molecule has 62 valence electrons. The van der Waals surface area contributed by atoms with Gasteiger partial charge in [0.05, 0.1) is 19.0 Å². The number of nitrogens with two attached hydrogens (primary N) is 1. The lowest BCUT2D eigenvalue weighted by atomic mass is 10.3. The number of nitrogens with zero attached hydrogens (tertiary/aromatic N) is 1. The van der Waals surface area contributed by atoms with Crippen LogP contribution in [0.1, 0.15) is 0 Å². The number of hydrogen-bond donors (Lipinski definition) is 2. The molecule has 0 saturated heterocycles. The molecule has 4 nitrogen and oxygen atoms in total. The molecule has 3 N–H and O–H groups in total. The number of aromatic amines is 1. The summed E-state index contributed by atoms with van der Waals surface area (Å²) in [7, 11) is 1.58. The van der Waals surface area contributed by atoms with Gasteiger partial charge in [-0.1, -0.05) is 0 Å². The van der Waals surface area contributed by atoms with Crippen LogP contribution in [-0.2, 0) is 0 Å². The zero-order chi connectivity index (χ0) is 8.55. The topological polar surface area (TPSA) is 63.9 Å². The van der Waals surface area contributed by atoms with E-state index in [0.717, 1.165) is 11.0 Å². The fourth-order valence-electron chi connectivity index (χ4n) is 1.17. The first-order chi connectivity index (χ1) is 5.83. The summed E-state index contributed by atoms with van der Waals surface area (Å²) in [6, 6.07) is 1.88. The summed E-state index contributed by atoms with van der Waals surface area (Å²) < 4.78 is 5.02. The average Bonchev–Trinajstić information content (AvgIpc) is 2.53. The molecular weight excluding hydrogens is 154 g/mol. The second-order valence-corrected chi connectivity index (χ2v) is 2.48. The van der Waals surface area contributed by atoms with E-state index in [2.05, 4.69) is 9.97 Å². The van der Waals surface area contributed by atoms with E-state index in [1.807, 2.05) is 6.07 Å². The van der Waals surface area contributed by atoms with E-state index in [1.54, 1.807) is 19.5 Å². The van der Waals surface area contributed by atoms with Gasteiger partial charge >= 0.3 is 0 Å². The molecule has 0 fully saturated rings. The van der Waals surface area contributed by atoms with E-state index in [1.165, 1.54) is 0 Å². The minimum Gasteiger partial charge on any atom is -0.493 e. The van der Waals surface area contributed by atoms with Gasteiger partial charge in [-0.3, -0.25) is 0 Å². The highest BCUT2D eigenvalue weighted by atomic mass is 16.5. The lowest BCUT2D eigenvalue weighted by molar-refractivity contribution is 0.416. The number of H-pyrrole nitrogens is 1. The number of rotatable bonds is 1. The number of fused-ring (bicyclic) bond motifs is 1. The molecule has 0 unspecified atom stereocenters. The van der Waals surface area contributed by atoms with E-state index in [9.17, 15) is 0 Å². The number of nitrogen functional groups attached to an aromatic ring is 1. The Morgan fingerprint density at radius 1 is 1.58 bits per heavy atom. The highest BCUT2D eigenvalue weighted by Crippen LogP contribution is 2.27. The van der Waals surface area contributed by atoms with Crippen molar-refractivity contribution < 1.29 is 4.74 Å². The van der Waals surface area contributed by atoms with Crippen molar-refractivity contribution in [3.05, 3.63) is 18.5 Å². The lowest BCUT2D eigenvalue weighted by Crippen LogP contribution is -1.93.